The lowest BCUT2D eigenvalue weighted by Crippen LogP contribution is -2.31. The molecule has 8 nitrogen and oxygen atoms in total. The molecule has 1 saturated carbocycles. The molecule has 2 fully saturated rings. The van der Waals surface area contributed by atoms with Crippen molar-refractivity contribution in [3.63, 3.8) is 0 Å². The van der Waals surface area contributed by atoms with Crippen molar-refractivity contribution in [2.75, 3.05) is 5.32 Å². The second-order valence-corrected chi connectivity index (χ2v) is 7.73. The molecular weight excluding hydrogens is 366 g/mol. The minimum Gasteiger partial charge on any atom is -0.326 e. The van der Waals surface area contributed by atoms with E-state index < -0.39 is 12.1 Å². The van der Waals surface area contributed by atoms with Crippen molar-refractivity contribution < 1.29 is 14.4 Å². The van der Waals surface area contributed by atoms with Gasteiger partial charge in [0.2, 0.25) is 11.0 Å². The number of nitrogens with one attached hydrogen (secondary N) is 2. The minimum atomic E-state index is -0.677. The first-order valence-corrected chi connectivity index (χ1v) is 9.71. The topological polar surface area (TPSA) is 104 Å². The summed E-state index contributed by atoms with van der Waals surface area (Å²) in [5, 5.41) is 14.9. The Balaban J connectivity index is 1.28. The van der Waals surface area contributed by atoms with Crippen molar-refractivity contribution >= 4 is 34.3 Å². The van der Waals surface area contributed by atoms with Gasteiger partial charge in [-0.25, -0.2) is 4.79 Å². The molecule has 1 aliphatic heterocycles. The van der Waals surface area contributed by atoms with E-state index in [1.807, 2.05) is 30.3 Å². The maximum Gasteiger partial charge on any atom is 0.325 e. The Hall–Kier alpha value is -2.81. The number of anilines is 1. The predicted molar refractivity (Wildman–Crippen MR) is 99.1 cm³/mol. The molecule has 1 aliphatic carbocycles. The first-order valence-electron chi connectivity index (χ1n) is 8.89. The van der Waals surface area contributed by atoms with Crippen LogP contribution in [0.15, 0.2) is 30.3 Å². The molecule has 1 aromatic heterocycles. The van der Waals surface area contributed by atoms with Crippen LogP contribution in [0.2, 0.25) is 0 Å². The van der Waals surface area contributed by atoms with Gasteiger partial charge in [0.05, 0.1) is 6.54 Å². The highest BCUT2D eigenvalue weighted by Crippen LogP contribution is 2.42. The van der Waals surface area contributed by atoms with Crippen molar-refractivity contribution in [1.29, 1.82) is 0 Å². The standard InChI is InChI=1S/C18H19N5O3S/c24-14(20-17-22-21-15(27-17)12-6-7-12)9-8-13-16(25)23(18(26)19-13)10-11-4-2-1-3-5-11/h1-5,12-13H,6-10H2,(H,19,26)(H,20,22,24)/t13-/m0/s1. The van der Waals surface area contributed by atoms with Crippen LogP contribution in [0.1, 0.15) is 42.2 Å². The number of benzene rings is 1. The monoisotopic (exact) mass is 385 g/mol. The molecule has 4 rings (SSSR count). The maximum absolute atomic E-state index is 12.5. The normalized spacial score (nSPS) is 19.3. The Kier molecular flexibility index (Phi) is 4.85. The van der Waals surface area contributed by atoms with Crippen LogP contribution < -0.4 is 10.6 Å². The van der Waals surface area contributed by atoms with Gasteiger partial charge in [0.15, 0.2) is 0 Å². The van der Waals surface area contributed by atoms with Gasteiger partial charge in [0, 0.05) is 12.3 Å². The van der Waals surface area contributed by atoms with Gasteiger partial charge in [0.1, 0.15) is 11.0 Å². The molecule has 0 spiro atoms. The number of carbonyl (C=O) groups is 3. The molecule has 0 bridgehead atoms. The quantitative estimate of drug-likeness (QED) is 0.712. The predicted octanol–water partition coefficient (Wildman–Crippen LogP) is 2.25. The smallest absolute Gasteiger partial charge is 0.325 e. The summed E-state index contributed by atoms with van der Waals surface area (Å²) in [6.45, 7) is 0.225. The van der Waals surface area contributed by atoms with Gasteiger partial charge in [-0.1, -0.05) is 41.7 Å². The third kappa shape index (κ3) is 4.13. The molecule has 140 valence electrons. The average molecular weight is 385 g/mol. The summed E-state index contributed by atoms with van der Waals surface area (Å²) in [6.07, 6.45) is 2.63. The summed E-state index contributed by atoms with van der Waals surface area (Å²) < 4.78 is 0. The summed E-state index contributed by atoms with van der Waals surface area (Å²) in [6, 6.07) is 8.21. The van der Waals surface area contributed by atoms with E-state index in [1.165, 1.54) is 16.2 Å². The zero-order valence-electron chi connectivity index (χ0n) is 14.6. The molecule has 2 heterocycles. The second-order valence-electron chi connectivity index (χ2n) is 6.72. The molecule has 9 heteroatoms. The van der Waals surface area contributed by atoms with E-state index in [0.717, 1.165) is 23.4 Å². The lowest BCUT2D eigenvalue weighted by atomic mass is 10.1. The maximum atomic E-state index is 12.5. The zero-order valence-corrected chi connectivity index (χ0v) is 15.4. The molecule has 0 unspecified atom stereocenters. The second kappa shape index (κ2) is 7.43. The Morgan fingerprint density at radius 1 is 1.22 bits per heavy atom. The Bertz CT molecular complexity index is 865. The first-order chi connectivity index (χ1) is 13.1. The fraction of sp³-hybridized carbons (Fsp3) is 0.389. The Labute approximate surface area is 160 Å². The van der Waals surface area contributed by atoms with Gasteiger partial charge in [-0.2, -0.15) is 0 Å². The van der Waals surface area contributed by atoms with E-state index in [9.17, 15) is 14.4 Å². The number of urea groups is 1. The van der Waals surface area contributed by atoms with Crippen molar-refractivity contribution in [3.05, 3.63) is 40.9 Å². The van der Waals surface area contributed by atoms with Crippen molar-refractivity contribution in [1.82, 2.24) is 20.4 Å². The van der Waals surface area contributed by atoms with Crippen molar-refractivity contribution in [2.24, 2.45) is 0 Å². The molecule has 27 heavy (non-hydrogen) atoms. The Morgan fingerprint density at radius 3 is 2.74 bits per heavy atom. The molecule has 2 aromatic rings. The molecule has 1 saturated heterocycles. The van der Waals surface area contributed by atoms with E-state index in [2.05, 4.69) is 20.8 Å². The average Bonchev–Trinajstić information content (AvgIpc) is 3.36. The van der Waals surface area contributed by atoms with Crippen LogP contribution in [0.4, 0.5) is 9.93 Å². The van der Waals surface area contributed by atoms with Crippen LogP contribution in [0.3, 0.4) is 0 Å². The van der Waals surface area contributed by atoms with Gasteiger partial charge in [-0.05, 0) is 24.8 Å². The summed E-state index contributed by atoms with van der Waals surface area (Å²) >= 11 is 1.39. The van der Waals surface area contributed by atoms with Gasteiger partial charge in [-0.3, -0.25) is 14.5 Å². The van der Waals surface area contributed by atoms with E-state index in [4.69, 9.17) is 0 Å². The third-order valence-corrected chi connectivity index (χ3v) is 5.57. The number of carbonyl (C=O) groups excluding carboxylic acids is 3. The number of hydrogen-bond acceptors (Lipinski definition) is 6. The minimum absolute atomic E-state index is 0.119. The molecule has 1 aromatic carbocycles. The lowest BCUT2D eigenvalue weighted by Gasteiger charge is -2.12. The number of hydrogen-bond donors (Lipinski definition) is 2. The summed E-state index contributed by atoms with van der Waals surface area (Å²) in [7, 11) is 0. The van der Waals surface area contributed by atoms with Crippen LogP contribution in [-0.4, -0.2) is 39.0 Å². The molecule has 4 amide bonds. The van der Waals surface area contributed by atoms with Gasteiger partial charge in [0.25, 0.3) is 5.91 Å². The molecule has 1 atom stereocenters. The van der Waals surface area contributed by atoms with E-state index in [0.29, 0.717) is 11.0 Å². The van der Waals surface area contributed by atoms with Crippen molar-refractivity contribution in [2.45, 2.75) is 44.2 Å². The molecular formula is C18H19N5O3S. The van der Waals surface area contributed by atoms with Crippen LogP contribution in [0, 0.1) is 0 Å². The summed E-state index contributed by atoms with van der Waals surface area (Å²) in [5.41, 5.74) is 0.877. The number of imide groups is 1. The van der Waals surface area contributed by atoms with Crippen molar-refractivity contribution in [3.8, 4) is 0 Å². The van der Waals surface area contributed by atoms with Gasteiger partial charge in [-0.15, -0.1) is 10.2 Å². The fourth-order valence-corrected chi connectivity index (χ4v) is 3.85. The highest BCUT2D eigenvalue weighted by molar-refractivity contribution is 7.15. The molecule has 2 aliphatic rings. The number of amides is 4. The highest BCUT2D eigenvalue weighted by Gasteiger charge is 2.37. The highest BCUT2D eigenvalue weighted by atomic mass is 32.1. The van der Waals surface area contributed by atoms with E-state index in [1.54, 1.807) is 0 Å². The van der Waals surface area contributed by atoms with Crippen LogP contribution in [0.25, 0.3) is 0 Å². The third-order valence-electron chi connectivity index (χ3n) is 4.56. The fourth-order valence-electron chi connectivity index (χ4n) is 2.93. The molecule has 0 radical (unpaired) electrons. The van der Waals surface area contributed by atoms with Gasteiger partial charge >= 0.3 is 6.03 Å². The number of aromatic nitrogens is 2. The Morgan fingerprint density at radius 2 is 2.00 bits per heavy atom. The van der Waals surface area contributed by atoms with E-state index in [-0.39, 0.29) is 31.2 Å². The molecule has 2 N–H and O–H groups in total. The van der Waals surface area contributed by atoms with Crippen LogP contribution in [0.5, 0.6) is 0 Å². The first kappa shape index (κ1) is 17.6. The number of rotatable bonds is 7. The van der Waals surface area contributed by atoms with Crippen LogP contribution in [-0.2, 0) is 16.1 Å². The summed E-state index contributed by atoms with van der Waals surface area (Å²) in [4.78, 5) is 37.9. The largest absolute Gasteiger partial charge is 0.326 e. The van der Waals surface area contributed by atoms with Crippen LogP contribution >= 0.6 is 11.3 Å². The summed E-state index contributed by atoms with van der Waals surface area (Å²) in [5.74, 6) is -0.0456. The van der Waals surface area contributed by atoms with Gasteiger partial charge < -0.3 is 10.6 Å². The number of nitrogens with zero attached hydrogens (tertiary/aromatic N) is 3. The lowest BCUT2D eigenvalue weighted by molar-refractivity contribution is -0.128. The zero-order chi connectivity index (χ0) is 18.8. The van der Waals surface area contributed by atoms with E-state index >= 15 is 0 Å². The SMILES string of the molecule is O=C(CC[C@@H]1NC(=O)N(Cc2ccccc2)C1=O)Nc1nnc(C2CC2)s1.